The van der Waals surface area contributed by atoms with Crippen molar-refractivity contribution in [2.45, 2.75) is 25.2 Å². The number of pyridine rings is 1. The molecule has 2 heterocycles. The highest BCUT2D eigenvalue weighted by Gasteiger charge is 2.28. The van der Waals surface area contributed by atoms with Crippen molar-refractivity contribution in [3.05, 3.63) is 28.7 Å². The van der Waals surface area contributed by atoms with Crippen LogP contribution in [0, 0.1) is 5.92 Å². The van der Waals surface area contributed by atoms with Crippen molar-refractivity contribution in [1.82, 2.24) is 14.2 Å². The summed E-state index contributed by atoms with van der Waals surface area (Å²) in [6, 6.07) is 2.60. The number of piperazine rings is 1. The van der Waals surface area contributed by atoms with E-state index < -0.39 is 10.0 Å². The first-order valence-corrected chi connectivity index (χ1v) is 8.75. The van der Waals surface area contributed by atoms with Gasteiger partial charge < -0.3 is 9.88 Å². The Hall–Kier alpha value is -1.18. The van der Waals surface area contributed by atoms with E-state index in [1.54, 1.807) is 0 Å². The van der Waals surface area contributed by atoms with Gasteiger partial charge in [-0.05, 0) is 24.9 Å². The predicted octanol–water partition coefficient (Wildman–Crippen LogP) is 0.727. The molecular formula is C14H23N3O3S. The number of H-pyrrole nitrogens is 1. The molecule has 0 spiro atoms. The van der Waals surface area contributed by atoms with E-state index in [2.05, 4.69) is 23.7 Å². The topological polar surface area (TPSA) is 73.5 Å². The quantitative estimate of drug-likeness (QED) is 0.869. The van der Waals surface area contributed by atoms with Crippen molar-refractivity contribution in [3.8, 4) is 0 Å². The highest BCUT2D eigenvalue weighted by Crippen LogP contribution is 2.16. The van der Waals surface area contributed by atoms with Crippen molar-refractivity contribution in [2.24, 2.45) is 5.92 Å². The Morgan fingerprint density at radius 1 is 1.19 bits per heavy atom. The van der Waals surface area contributed by atoms with E-state index in [0.717, 1.165) is 26.1 Å². The summed E-state index contributed by atoms with van der Waals surface area (Å²) in [5.74, 6) is 0.660. The summed E-state index contributed by atoms with van der Waals surface area (Å²) >= 11 is 0. The minimum Gasteiger partial charge on any atom is -0.328 e. The number of aromatic nitrogens is 1. The van der Waals surface area contributed by atoms with Crippen LogP contribution in [0.5, 0.6) is 0 Å². The van der Waals surface area contributed by atoms with Gasteiger partial charge in [0.1, 0.15) is 0 Å². The predicted molar refractivity (Wildman–Crippen MR) is 81.7 cm³/mol. The normalized spacial score (nSPS) is 18.2. The van der Waals surface area contributed by atoms with Crippen LogP contribution in [-0.4, -0.2) is 55.3 Å². The van der Waals surface area contributed by atoms with Crippen LogP contribution < -0.4 is 5.56 Å². The molecule has 0 radical (unpaired) electrons. The Kier molecular flexibility index (Phi) is 5.18. The van der Waals surface area contributed by atoms with Gasteiger partial charge >= 0.3 is 0 Å². The van der Waals surface area contributed by atoms with Gasteiger partial charge in [-0.1, -0.05) is 13.8 Å². The summed E-state index contributed by atoms with van der Waals surface area (Å²) in [6.07, 6.45) is 2.40. The second kappa shape index (κ2) is 6.72. The van der Waals surface area contributed by atoms with E-state index in [4.69, 9.17) is 0 Å². The molecule has 1 saturated heterocycles. The minimum absolute atomic E-state index is 0.151. The van der Waals surface area contributed by atoms with Crippen molar-refractivity contribution >= 4 is 10.0 Å². The lowest BCUT2D eigenvalue weighted by Gasteiger charge is -2.34. The SMILES string of the molecule is CC(C)CCN1CCN(S(=O)(=O)c2ccc(=O)[nH]c2)CC1. The van der Waals surface area contributed by atoms with Crippen molar-refractivity contribution < 1.29 is 8.42 Å². The summed E-state index contributed by atoms with van der Waals surface area (Å²) < 4.78 is 26.4. The molecule has 2 rings (SSSR count). The second-order valence-electron chi connectivity index (χ2n) is 5.82. The van der Waals surface area contributed by atoms with Gasteiger partial charge in [-0.3, -0.25) is 4.79 Å². The summed E-state index contributed by atoms with van der Waals surface area (Å²) in [5, 5.41) is 0. The number of rotatable bonds is 5. The number of hydrogen-bond acceptors (Lipinski definition) is 4. The molecule has 0 unspecified atom stereocenters. The molecule has 0 amide bonds. The van der Waals surface area contributed by atoms with Gasteiger partial charge in [0.05, 0.1) is 4.90 Å². The minimum atomic E-state index is -3.50. The summed E-state index contributed by atoms with van der Waals surface area (Å²) in [6.45, 7) is 7.92. The Morgan fingerprint density at radius 3 is 2.38 bits per heavy atom. The third-order valence-corrected chi connectivity index (χ3v) is 5.64. The lowest BCUT2D eigenvalue weighted by atomic mass is 10.1. The Balaban J connectivity index is 1.98. The molecule has 0 aliphatic carbocycles. The van der Waals surface area contributed by atoms with E-state index in [0.29, 0.717) is 19.0 Å². The van der Waals surface area contributed by atoms with Gasteiger partial charge in [0.15, 0.2) is 0 Å². The van der Waals surface area contributed by atoms with Crippen molar-refractivity contribution in [1.29, 1.82) is 0 Å². The molecule has 0 saturated carbocycles. The van der Waals surface area contributed by atoms with Gasteiger partial charge in [-0.15, -0.1) is 0 Å². The van der Waals surface area contributed by atoms with E-state index in [-0.39, 0.29) is 10.5 Å². The van der Waals surface area contributed by atoms with E-state index in [1.165, 1.54) is 22.6 Å². The molecule has 1 aromatic heterocycles. The van der Waals surface area contributed by atoms with E-state index in [9.17, 15) is 13.2 Å². The fraction of sp³-hybridized carbons (Fsp3) is 0.643. The third kappa shape index (κ3) is 4.15. The lowest BCUT2D eigenvalue weighted by molar-refractivity contribution is 0.180. The van der Waals surface area contributed by atoms with E-state index in [1.807, 2.05) is 0 Å². The highest BCUT2D eigenvalue weighted by atomic mass is 32.2. The third-order valence-electron chi connectivity index (χ3n) is 3.75. The van der Waals surface area contributed by atoms with E-state index >= 15 is 0 Å². The molecule has 0 atom stereocenters. The molecular weight excluding hydrogens is 290 g/mol. The van der Waals surface area contributed by atoms with Gasteiger partial charge in [0.2, 0.25) is 15.6 Å². The van der Waals surface area contributed by atoms with Gasteiger partial charge in [-0.2, -0.15) is 4.31 Å². The average Bonchev–Trinajstić information content (AvgIpc) is 2.46. The molecule has 1 aromatic rings. The van der Waals surface area contributed by atoms with Gasteiger partial charge in [-0.25, -0.2) is 8.42 Å². The van der Waals surface area contributed by atoms with Crippen LogP contribution in [0.15, 0.2) is 28.0 Å². The molecule has 118 valence electrons. The van der Waals surface area contributed by atoms with Crippen LogP contribution in [0.2, 0.25) is 0 Å². The molecule has 1 aliphatic rings. The van der Waals surface area contributed by atoms with Gasteiger partial charge in [0.25, 0.3) is 0 Å². The lowest BCUT2D eigenvalue weighted by Crippen LogP contribution is -2.48. The molecule has 1 fully saturated rings. The molecule has 6 nitrogen and oxygen atoms in total. The summed E-state index contributed by atoms with van der Waals surface area (Å²) in [4.78, 5) is 15.9. The Bertz CT molecular complexity index is 596. The fourth-order valence-electron chi connectivity index (χ4n) is 2.34. The summed E-state index contributed by atoms with van der Waals surface area (Å²) in [5.41, 5.74) is -0.299. The van der Waals surface area contributed by atoms with Gasteiger partial charge in [0, 0.05) is 38.4 Å². The van der Waals surface area contributed by atoms with Crippen LogP contribution in [0.3, 0.4) is 0 Å². The van der Waals surface area contributed by atoms with Crippen LogP contribution in [0.25, 0.3) is 0 Å². The summed E-state index contributed by atoms with van der Waals surface area (Å²) in [7, 11) is -3.50. The van der Waals surface area contributed by atoms with Crippen molar-refractivity contribution in [2.75, 3.05) is 32.7 Å². The molecule has 1 aliphatic heterocycles. The number of nitrogens with one attached hydrogen (secondary N) is 1. The Morgan fingerprint density at radius 2 is 1.86 bits per heavy atom. The maximum absolute atomic E-state index is 12.5. The monoisotopic (exact) mass is 313 g/mol. The first-order valence-electron chi connectivity index (χ1n) is 7.31. The Labute approximate surface area is 125 Å². The first kappa shape index (κ1) is 16.2. The highest BCUT2D eigenvalue weighted by molar-refractivity contribution is 7.89. The zero-order valence-electron chi connectivity index (χ0n) is 12.6. The number of nitrogens with zero attached hydrogens (tertiary/aromatic N) is 2. The van der Waals surface area contributed by atoms with Crippen LogP contribution in [0.4, 0.5) is 0 Å². The van der Waals surface area contributed by atoms with Crippen LogP contribution in [0.1, 0.15) is 20.3 Å². The second-order valence-corrected chi connectivity index (χ2v) is 7.75. The largest absolute Gasteiger partial charge is 0.328 e. The molecule has 1 N–H and O–H groups in total. The maximum Gasteiger partial charge on any atom is 0.247 e. The number of sulfonamides is 1. The standard InChI is InChI=1S/C14H23N3O3S/c1-12(2)5-6-16-7-9-17(10-8-16)21(19,20)13-3-4-14(18)15-11-13/h3-4,11-12H,5-10H2,1-2H3,(H,15,18). The number of aromatic amines is 1. The molecule has 0 bridgehead atoms. The van der Waals surface area contributed by atoms with Crippen LogP contribution >= 0.6 is 0 Å². The zero-order chi connectivity index (χ0) is 15.5. The maximum atomic E-state index is 12.5. The average molecular weight is 313 g/mol. The molecule has 7 heteroatoms. The zero-order valence-corrected chi connectivity index (χ0v) is 13.4. The molecule has 21 heavy (non-hydrogen) atoms. The van der Waals surface area contributed by atoms with Crippen LogP contribution in [-0.2, 0) is 10.0 Å². The van der Waals surface area contributed by atoms with Crippen molar-refractivity contribution in [3.63, 3.8) is 0 Å². The number of hydrogen-bond donors (Lipinski definition) is 1. The smallest absolute Gasteiger partial charge is 0.247 e. The first-order chi connectivity index (χ1) is 9.89. The fourth-order valence-corrected chi connectivity index (χ4v) is 3.73. The molecule has 0 aromatic carbocycles.